The number of aryl methyl sites for hydroxylation is 2. The summed E-state index contributed by atoms with van der Waals surface area (Å²) in [6.45, 7) is 7.71. The Kier molecular flexibility index (Phi) is 5.11. The molecule has 0 aliphatic carbocycles. The van der Waals surface area contributed by atoms with E-state index in [2.05, 4.69) is 34.5 Å². The number of urea groups is 1. The third-order valence-corrected chi connectivity index (χ3v) is 5.21. The van der Waals surface area contributed by atoms with Crippen molar-refractivity contribution >= 4 is 6.03 Å². The van der Waals surface area contributed by atoms with Crippen molar-refractivity contribution in [2.45, 2.75) is 52.0 Å². The third kappa shape index (κ3) is 3.86. The summed E-state index contributed by atoms with van der Waals surface area (Å²) in [6, 6.07) is 2.10. The van der Waals surface area contributed by atoms with Gasteiger partial charge in [0.25, 0.3) is 0 Å². The van der Waals surface area contributed by atoms with Crippen LogP contribution in [0.3, 0.4) is 0 Å². The van der Waals surface area contributed by atoms with E-state index in [1.165, 1.54) is 5.56 Å². The molecule has 1 aliphatic rings. The van der Waals surface area contributed by atoms with Gasteiger partial charge in [0.1, 0.15) is 0 Å². The number of aromatic nitrogens is 4. The number of carbonyl (C=O) groups is 1. The normalized spacial score (nSPS) is 19.0. The zero-order valence-electron chi connectivity index (χ0n) is 15.5. The molecule has 2 N–H and O–H groups in total. The highest BCUT2D eigenvalue weighted by molar-refractivity contribution is 5.74. The average Bonchev–Trinajstić information content (AvgIpc) is 3.20. The summed E-state index contributed by atoms with van der Waals surface area (Å²) in [5.74, 6) is 0.347. The average molecular weight is 344 g/mol. The van der Waals surface area contributed by atoms with Crippen LogP contribution in [0.5, 0.6) is 0 Å². The maximum Gasteiger partial charge on any atom is 0.317 e. The highest BCUT2D eigenvalue weighted by atomic mass is 16.2. The number of amides is 2. The monoisotopic (exact) mass is 344 g/mol. The standard InChI is InChI=1S/C18H28N6O/c1-12(10-16-13(2)22-23(4)14(16)3)20-18(25)24-9-5-6-15(11-24)17-7-8-19-21-17/h7-8,12,15H,5-6,9-11H2,1-4H3,(H,19,21)(H,20,25)/t12-,15+/m0/s1. The van der Waals surface area contributed by atoms with Crippen LogP contribution in [0.2, 0.25) is 0 Å². The van der Waals surface area contributed by atoms with Crippen molar-refractivity contribution in [2.24, 2.45) is 7.05 Å². The van der Waals surface area contributed by atoms with Crippen LogP contribution in [0.1, 0.15) is 48.3 Å². The first-order valence-corrected chi connectivity index (χ1v) is 8.99. The summed E-state index contributed by atoms with van der Waals surface area (Å²) in [6.07, 6.45) is 4.69. The Morgan fingerprint density at radius 3 is 2.92 bits per heavy atom. The number of hydrogen-bond donors (Lipinski definition) is 2. The number of rotatable bonds is 4. The van der Waals surface area contributed by atoms with Gasteiger partial charge in [0.15, 0.2) is 0 Å². The van der Waals surface area contributed by atoms with E-state index in [1.54, 1.807) is 6.20 Å². The van der Waals surface area contributed by atoms with E-state index in [0.29, 0.717) is 5.92 Å². The molecule has 0 radical (unpaired) electrons. The van der Waals surface area contributed by atoms with Gasteiger partial charge in [-0.1, -0.05) is 0 Å². The molecule has 25 heavy (non-hydrogen) atoms. The van der Waals surface area contributed by atoms with Crippen LogP contribution in [0.15, 0.2) is 12.3 Å². The minimum atomic E-state index is 0.0240. The van der Waals surface area contributed by atoms with Gasteiger partial charge in [-0.25, -0.2) is 4.79 Å². The number of nitrogens with one attached hydrogen (secondary N) is 2. The van der Waals surface area contributed by atoms with Crippen LogP contribution in [0.4, 0.5) is 4.79 Å². The van der Waals surface area contributed by atoms with Crippen molar-refractivity contribution < 1.29 is 4.79 Å². The maximum atomic E-state index is 12.7. The first-order valence-electron chi connectivity index (χ1n) is 8.99. The fourth-order valence-electron chi connectivity index (χ4n) is 3.68. The fraction of sp³-hybridized carbons (Fsp3) is 0.611. The van der Waals surface area contributed by atoms with Gasteiger partial charge in [0, 0.05) is 49.7 Å². The number of likely N-dealkylation sites (tertiary alicyclic amines) is 1. The van der Waals surface area contributed by atoms with Gasteiger partial charge in [-0.05, 0) is 51.7 Å². The predicted molar refractivity (Wildman–Crippen MR) is 96.5 cm³/mol. The molecule has 2 atom stereocenters. The van der Waals surface area contributed by atoms with Crippen LogP contribution in [-0.2, 0) is 13.5 Å². The summed E-state index contributed by atoms with van der Waals surface area (Å²) >= 11 is 0. The lowest BCUT2D eigenvalue weighted by Gasteiger charge is -2.33. The summed E-state index contributed by atoms with van der Waals surface area (Å²) in [4.78, 5) is 14.6. The highest BCUT2D eigenvalue weighted by Gasteiger charge is 2.26. The topological polar surface area (TPSA) is 78.8 Å². The molecule has 3 rings (SSSR count). The zero-order chi connectivity index (χ0) is 18.0. The molecule has 0 spiro atoms. The number of hydrogen-bond acceptors (Lipinski definition) is 3. The Morgan fingerprint density at radius 1 is 1.48 bits per heavy atom. The van der Waals surface area contributed by atoms with Crippen molar-refractivity contribution in [3.8, 4) is 0 Å². The van der Waals surface area contributed by atoms with E-state index < -0.39 is 0 Å². The summed E-state index contributed by atoms with van der Waals surface area (Å²) in [5, 5.41) is 14.7. The smallest absolute Gasteiger partial charge is 0.317 e. The largest absolute Gasteiger partial charge is 0.335 e. The molecule has 0 bridgehead atoms. The first kappa shape index (κ1) is 17.5. The van der Waals surface area contributed by atoms with Crippen molar-refractivity contribution in [3.05, 3.63) is 34.9 Å². The number of nitrogens with zero attached hydrogens (tertiary/aromatic N) is 4. The molecule has 0 aromatic carbocycles. The Morgan fingerprint density at radius 2 is 2.28 bits per heavy atom. The van der Waals surface area contributed by atoms with Gasteiger partial charge in [-0.15, -0.1) is 0 Å². The van der Waals surface area contributed by atoms with Gasteiger partial charge >= 0.3 is 6.03 Å². The Bertz CT molecular complexity index is 720. The quantitative estimate of drug-likeness (QED) is 0.893. The lowest BCUT2D eigenvalue weighted by atomic mass is 9.95. The molecule has 1 saturated heterocycles. The number of aromatic amines is 1. The predicted octanol–water partition coefficient (Wildman–Crippen LogP) is 2.28. The maximum absolute atomic E-state index is 12.7. The number of carbonyl (C=O) groups excluding carboxylic acids is 1. The summed E-state index contributed by atoms with van der Waals surface area (Å²) in [5.41, 5.74) is 4.55. The van der Waals surface area contributed by atoms with Gasteiger partial charge < -0.3 is 10.2 Å². The van der Waals surface area contributed by atoms with Crippen LogP contribution in [0.25, 0.3) is 0 Å². The first-order chi connectivity index (χ1) is 12.0. The third-order valence-electron chi connectivity index (χ3n) is 5.21. The minimum Gasteiger partial charge on any atom is -0.335 e. The Labute approximate surface area is 148 Å². The van der Waals surface area contributed by atoms with E-state index >= 15 is 0 Å². The molecule has 7 nitrogen and oxygen atoms in total. The summed E-state index contributed by atoms with van der Waals surface area (Å²) < 4.78 is 1.90. The lowest BCUT2D eigenvalue weighted by molar-refractivity contribution is 0.176. The Hall–Kier alpha value is -2.31. The van der Waals surface area contributed by atoms with Gasteiger partial charge in [-0.3, -0.25) is 9.78 Å². The van der Waals surface area contributed by atoms with Crippen LogP contribution >= 0.6 is 0 Å². The second kappa shape index (κ2) is 7.29. The van der Waals surface area contributed by atoms with E-state index in [9.17, 15) is 4.79 Å². The van der Waals surface area contributed by atoms with Crippen molar-refractivity contribution in [1.29, 1.82) is 0 Å². The molecule has 2 aromatic rings. The fourth-order valence-corrected chi connectivity index (χ4v) is 3.68. The molecular formula is C18H28N6O. The van der Waals surface area contributed by atoms with Gasteiger partial charge in [0.05, 0.1) is 5.69 Å². The highest BCUT2D eigenvalue weighted by Crippen LogP contribution is 2.25. The molecule has 1 aliphatic heterocycles. The van der Waals surface area contributed by atoms with Crippen molar-refractivity contribution in [1.82, 2.24) is 30.2 Å². The van der Waals surface area contributed by atoms with E-state index in [4.69, 9.17) is 0 Å². The molecule has 0 saturated carbocycles. The molecule has 3 heterocycles. The second-order valence-corrected chi connectivity index (χ2v) is 7.12. The lowest BCUT2D eigenvalue weighted by Crippen LogP contribution is -2.48. The Balaban J connectivity index is 1.57. The minimum absolute atomic E-state index is 0.0240. The molecule has 0 unspecified atom stereocenters. The zero-order valence-corrected chi connectivity index (χ0v) is 15.5. The van der Waals surface area contributed by atoms with Crippen LogP contribution in [-0.4, -0.2) is 50.0 Å². The molecule has 2 aromatic heterocycles. The molecular weight excluding hydrogens is 316 g/mol. The van der Waals surface area contributed by atoms with E-state index in [0.717, 1.165) is 49.4 Å². The second-order valence-electron chi connectivity index (χ2n) is 7.12. The van der Waals surface area contributed by atoms with E-state index in [-0.39, 0.29) is 12.1 Å². The van der Waals surface area contributed by atoms with Crippen LogP contribution < -0.4 is 5.32 Å². The molecule has 7 heteroatoms. The molecule has 2 amide bonds. The number of H-pyrrole nitrogens is 1. The molecule has 1 fully saturated rings. The van der Waals surface area contributed by atoms with Crippen LogP contribution in [0, 0.1) is 13.8 Å². The van der Waals surface area contributed by atoms with E-state index in [1.807, 2.05) is 29.6 Å². The molecule has 136 valence electrons. The van der Waals surface area contributed by atoms with Gasteiger partial charge in [-0.2, -0.15) is 10.2 Å². The SMILES string of the molecule is Cc1nn(C)c(C)c1C[C@H](C)NC(=O)N1CCC[C@@H](c2ccn[nH]2)C1. The number of piperidine rings is 1. The van der Waals surface area contributed by atoms with Gasteiger partial charge in [0.2, 0.25) is 0 Å². The van der Waals surface area contributed by atoms with Crippen molar-refractivity contribution in [3.63, 3.8) is 0 Å². The summed E-state index contributed by atoms with van der Waals surface area (Å²) in [7, 11) is 1.96. The van der Waals surface area contributed by atoms with Crippen molar-refractivity contribution in [2.75, 3.05) is 13.1 Å².